The summed E-state index contributed by atoms with van der Waals surface area (Å²) in [6, 6.07) is 17.5. The zero-order valence-electron chi connectivity index (χ0n) is 12.8. The van der Waals surface area contributed by atoms with Gasteiger partial charge in [-0.1, -0.05) is 53.3 Å². The summed E-state index contributed by atoms with van der Waals surface area (Å²) in [5.41, 5.74) is 2.90. The molecule has 0 unspecified atom stereocenters. The van der Waals surface area contributed by atoms with Crippen LogP contribution < -0.4 is 10.6 Å². The van der Waals surface area contributed by atoms with E-state index in [2.05, 4.69) is 25.8 Å². The number of thiazole rings is 1. The molecule has 0 spiro atoms. The molecule has 8 heteroatoms. The molecule has 2 heterocycles. The first kappa shape index (κ1) is 16.0. The van der Waals surface area contributed by atoms with Crippen LogP contribution in [0.4, 0.5) is 21.1 Å². The lowest BCUT2D eigenvalue weighted by Gasteiger charge is -1.99. The molecule has 0 amide bonds. The van der Waals surface area contributed by atoms with E-state index in [0.717, 1.165) is 27.2 Å². The van der Waals surface area contributed by atoms with Crippen LogP contribution in [0.5, 0.6) is 0 Å². The molecule has 4 aromatic rings. The first-order chi connectivity index (χ1) is 12.3. The summed E-state index contributed by atoms with van der Waals surface area (Å²) >= 11 is 8.88. The zero-order chi connectivity index (χ0) is 17.1. The third kappa shape index (κ3) is 3.96. The minimum Gasteiger partial charge on any atom is -0.330 e. The summed E-state index contributed by atoms with van der Waals surface area (Å²) in [6.07, 6.45) is 0. The monoisotopic (exact) mass is 385 g/mol. The van der Waals surface area contributed by atoms with Gasteiger partial charge in [0, 0.05) is 21.7 Å². The quantitative estimate of drug-likeness (QED) is 0.454. The van der Waals surface area contributed by atoms with E-state index in [4.69, 9.17) is 11.6 Å². The summed E-state index contributed by atoms with van der Waals surface area (Å²) in [4.78, 5) is 4.58. The van der Waals surface area contributed by atoms with Gasteiger partial charge in [-0.2, -0.15) is 0 Å². The normalized spacial score (nSPS) is 10.6. The Bertz CT molecular complexity index is 966. The molecule has 4 rings (SSSR count). The van der Waals surface area contributed by atoms with Gasteiger partial charge in [-0.15, -0.1) is 21.5 Å². The number of anilines is 4. The molecule has 0 radical (unpaired) electrons. The van der Waals surface area contributed by atoms with Gasteiger partial charge in [-0.25, -0.2) is 4.98 Å². The van der Waals surface area contributed by atoms with Gasteiger partial charge in [0.25, 0.3) is 0 Å². The minimum absolute atomic E-state index is 0.690. The lowest BCUT2D eigenvalue weighted by atomic mass is 10.2. The Morgan fingerprint density at radius 3 is 2.28 bits per heavy atom. The molecule has 124 valence electrons. The van der Waals surface area contributed by atoms with Crippen LogP contribution in [0.25, 0.3) is 11.3 Å². The van der Waals surface area contributed by atoms with Crippen molar-refractivity contribution < 1.29 is 0 Å². The van der Waals surface area contributed by atoms with Crippen molar-refractivity contribution in [2.24, 2.45) is 0 Å². The van der Waals surface area contributed by atoms with E-state index in [-0.39, 0.29) is 0 Å². The number of benzene rings is 2. The summed E-state index contributed by atoms with van der Waals surface area (Å²) < 4.78 is 0. The maximum absolute atomic E-state index is 5.92. The van der Waals surface area contributed by atoms with Gasteiger partial charge in [-0.3, -0.25) is 0 Å². The number of aromatic nitrogens is 3. The molecule has 0 fully saturated rings. The highest BCUT2D eigenvalue weighted by atomic mass is 35.5. The molecule has 0 aliphatic heterocycles. The topological polar surface area (TPSA) is 62.7 Å². The van der Waals surface area contributed by atoms with Crippen LogP contribution in [0.2, 0.25) is 5.02 Å². The van der Waals surface area contributed by atoms with E-state index in [0.29, 0.717) is 10.2 Å². The van der Waals surface area contributed by atoms with Crippen LogP contribution in [0.1, 0.15) is 0 Å². The van der Waals surface area contributed by atoms with E-state index in [1.54, 1.807) is 0 Å². The van der Waals surface area contributed by atoms with Gasteiger partial charge in [0.2, 0.25) is 10.3 Å². The van der Waals surface area contributed by atoms with Crippen LogP contribution in [-0.2, 0) is 0 Å². The van der Waals surface area contributed by atoms with Crippen LogP contribution in [-0.4, -0.2) is 15.2 Å². The van der Waals surface area contributed by atoms with Gasteiger partial charge in [0.05, 0.1) is 5.69 Å². The average Bonchev–Trinajstić information content (AvgIpc) is 3.27. The fraction of sp³-hybridized carbons (Fsp3) is 0. The summed E-state index contributed by atoms with van der Waals surface area (Å²) in [5.74, 6) is 0. The van der Waals surface area contributed by atoms with Crippen molar-refractivity contribution in [3.8, 4) is 11.3 Å². The number of hydrogen-bond donors (Lipinski definition) is 2. The second-order valence-corrected chi connectivity index (χ2v) is 7.35. The standard InChI is InChI=1S/C17H12ClN5S2/c18-12-8-6-11(7-9-12)14-10-24-15(20-14)21-17-23-22-16(25-17)19-13-4-2-1-3-5-13/h1-10H,(H,19,22)(H,20,21,23). The Morgan fingerprint density at radius 2 is 1.52 bits per heavy atom. The van der Waals surface area contributed by atoms with Gasteiger partial charge < -0.3 is 10.6 Å². The Labute approximate surface area is 157 Å². The molecule has 0 aliphatic carbocycles. The molecule has 0 bridgehead atoms. The van der Waals surface area contributed by atoms with Crippen molar-refractivity contribution in [3.63, 3.8) is 0 Å². The number of nitrogens with zero attached hydrogens (tertiary/aromatic N) is 3. The molecule has 0 aliphatic rings. The Balaban J connectivity index is 1.45. The highest BCUT2D eigenvalue weighted by Crippen LogP contribution is 2.30. The van der Waals surface area contributed by atoms with E-state index < -0.39 is 0 Å². The number of rotatable bonds is 5. The van der Waals surface area contributed by atoms with Crippen LogP contribution in [0.15, 0.2) is 60.0 Å². The second kappa shape index (κ2) is 7.18. The van der Waals surface area contributed by atoms with E-state index >= 15 is 0 Å². The molecular formula is C17H12ClN5S2. The Hall–Kier alpha value is -2.48. The second-order valence-electron chi connectivity index (χ2n) is 5.07. The smallest absolute Gasteiger partial charge is 0.213 e. The molecule has 0 saturated carbocycles. The third-order valence-corrected chi connectivity index (χ3v) is 5.07. The third-order valence-electron chi connectivity index (χ3n) is 3.31. The number of para-hydroxylation sites is 1. The fourth-order valence-corrected chi connectivity index (χ4v) is 3.72. The summed E-state index contributed by atoms with van der Waals surface area (Å²) in [6.45, 7) is 0. The molecule has 25 heavy (non-hydrogen) atoms. The maximum Gasteiger partial charge on any atom is 0.213 e. The van der Waals surface area contributed by atoms with Crippen molar-refractivity contribution in [2.75, 3.05) is 10.6 Å². The molecule has 2 N–H and O–H groups in total. The Morgan fingerprint density at radius 1 is 0.800 bits per heavy atom. The first-order valence-corrected chi connectivity index (χ1v) is 9.48. The molecule has 2 aromatic heterocycles. The van der Waals surface area contributed by atoms with Crippen molar-refractivity contribution in [2.45, 2.75) is 0 Å². The minimum atomic E-state index is 0.690. The maximum atomic E-state index is 5.92. The molecule has 0 atom stereocenters. The van der Waals surface area contributed by atoms with E-state index in [9.17, 15) is 0 Å². The van der Waals surface area contributed by atoms with Crippen molar-refractivity contribution in [1.82, 2.24) is 15.2 Å². The number of hydrogen-bond acceptors (Lipinski definition) is 7. The van der Waals surface area contributed by atoms with Gasteiger partial charge in [0.15, 0.2) is 5.13 Å². The molecule has 2 aromatic carbocycles. The average molecular weight is 386 g/mol. The Kier molecular flexibility index (Phi) is 4.60. The summed E-state index contributed by atoms with van der Waals surface area (Å²) in [7, 11) is 0. The van der Waals surface area contributed by atoms with Crippen molar-refractivity contribution in [1.29, 1.82) is 0 Å². The first-order valence-electron chi connectivity index (χ1n) is 7.40. The SMILES string of the molecule is Clc1ccc(-c2csc(Nc3nnc(Nc4ccccc4)s3)n2)cc1. The highest BCUT2D eigenvalue weighted by Gasteiger charge is 2.08. The van der Waals surface area contributed by atoms with Crippen LogP contribution >= 0.6 is 34.3 Å². The largest absolute Gasteiger partial charge is 0.330 e. The van der Waals surface area contributed by atoms with Crippen LogP contribution in [0.3, 0.4) is 0 Å². The van der Waals surface area contributed by atoms with E-state index in [1.807, 2.05) is 60.0 Å². The van der Waals surface area contributed by atoms with Crippen molar-refractivity contribution >= 4 is 55.4 Å². The van der Waals surface area contributed by atoms with Crippen molar-refractivity contribution in [3.05, 3.63) is 65.0 Å². The predicted octanol–water partition coefficient (Wildman–Crippen LogP) is 5.80. The lowest BCUT2D eigenvalue weighted by Crippen LogP contribution is -1.89. The van der Waals surface area contributed by atoms with Gasteiger partial charge in [0.1, 0.15) is 0 Å². The number of halogens is 1. The van der Waals surface area contributed by atoms with Gasteiger partial charge >= 0.3 is 0 Å². The lowest BCUT2D eigenvalue weighted by molar-refractivity contribution is 1.09. The fourth-order valence-electron chi connectivity index (χ4n) is 2.15. The number of nitrogens with one attached hydrogen (secondary N) is 2. The van der Waals surface area contributed by atoms with E-state index in [1.165, 1.54) is 22.7 Å². The van der Waals surface area contributed by atoms with Crippen LogP contribution in [0, 0.1) is 0 Å². The highest BCUT2D eigenvalue weighted by molar-refractivity contribution is 7.19. The summed E-state index contributed by atoms with van der Waals surface area (Å²) in [5, 5.41) is 19.6. The molecule has 0 saturated heterocycles. The molecular weight excluding hydrogens is 374 g/mol. The predicted molar refractivity (Wildman–Crippen MR) is 105 cm³/mol. The zero-order valence-corrected chi connectivity index (χ0v) is 15.2. The molecule has 5 nitrogen and oxygen atoms in total. The van der Waals surface area contributed by atoms with Gasteiger partial charge in [-0.05, 0) is 24.3 Å².